The van der Waals surface area contributed by atoms with Crippen molar-refractivity contribution < 1.29 is 22.8 Å². The van der Waals surface area contributed by atoms with Crippen molar-refractivity contribution in [2.45, 2.75) is 6.43 Å². The Morgan fingerprint density at radius 3 is 2.37 bits per heavy atom. The zero-order chi connectivity index (χ0) is 25.1. The highest BCUT2D eigenvalue weighted by atomic mass is 35.5. The third-order valence-electron chi connectivity index (χ3n) is 5.60. The number of nitrogens with one attached hydrogen (secondary N) is 2. The van der Waals surface area contributed by atoms with Crippen LogP contribution >= 0.6 is 22.9 Å². The maximum atomic E-state index is 14.8. The van der Waals surface area contributed by atoms with E-state index in [1.165, 1.54) is 33.9 Å². The SMILES string of the molecule is O=C(Nc1ccc(Cl)s1)[C@H]1CN(CC(F)F)C[C@@H]1C(=O)Nc1ccc(-n2ccccc2=O)cc1F. The van der Waals surface area contributed by atoms with Crippen molar-refractivity contribution in [3.05, 3.63) is 75.2 Å². The minimum atomic E-state index is -2.64. The Balaban J connectivity index is 1.52. The first-order valence-electron chi connectivity index (χ1n) is 10.6. The summed E-state index contributed by atoms with van der Waals surface area (Å²) in [6.45, 7) is -0.725. The summed E-state index contributed by atoms with van der Waals surface area (Å²) >= 11 is 7.01. The lowest BCUT2D eigenvalue weighted by Crippen LogP contribution is -2.35. The van der Waals surface area contributed by atoms with Crippen LogP contribution in [0.3, 0.4) is 0 Å². The van der Waals surface area contributed by atoms with Crippen molar-refractivity contribution in [2.24, 2.45) is 11.8 Å². The van der Waals surface area contributed by atoms with E-state index in [1.54, 1.807) is 24.3 Å². The van der Waals surface area contributed by atoms with Gasteiger partial charge in [0.05, 0.1) is 39.1 Å². The van der Waals surface area contributed by atoms with Gasteiger partial charge in [-0.2, -0.15) is 0 Å². The number of amides is 2. The molecular weight excluding hydrogens is 505 g/mol. The molecule has 1 aliphatic rings. The lowest BCUT2D eigenvalue weighted by atomic mass is 9.94. The maximum Gasteiger partial charge on any atom is 0.255 e. The molecule has 0 spiro atoms. The van der Waals surface area contributed by atoms with Crippen molar-refractivity contribution >= 4 is 45.4 Å². The van der Waals surface area contributed by atoms with Gasteiger partial charge in [-0.05, 0) is 30.3 Å². The van der Waals surface area contributed by atoms with Crippen LogP contribution in [0.5, 0.6) is 0 Å². The number of anilines is 2. The second kappa shape index (κ2) is 10.6. The minimum Gasteiger partial charge on any atom is -0.323 e. The van der Waals surface area contributed by atoms with Gasteiger partial charge < -0.3 is 10.6 Å². The van der Waals surface area contributed by atoms with Gasteiger partial charge in [0, 0.05) is 31.4 Å². The second-order valence-electron chi connectivity index (χ2n) is 7.98. The van der Waals surface area contributed by atoms with Gasteiger partial charge in [-0.3, -0.25) is 23.9 Å². The van der Waals surface area contributed by atoms with Crippen LogP contribution in [0.25, 0.3) is 5.69 Å². The highest BCUT2D eigenvalue weighted by molar-refractivity contribution is 7.20. The van der Waals surface area contributed by atoms with Gasteiger partial charge in [0.25, 0.3) is 12.0 Å². The number of halogens is 4. The van der Waals surface area contributed by atoms with Crippen molar-refractivity contribution in [2.75, 3.05) is 30.3 Å². The molecule has 7 nitrogen and oxygen atoms in total. The van der Waals surface area contributed by atoms with Crippen LogP contribution in [-0.2, 0) is 9.59 Å². The molecule has 0 bridgehead atoms. The molecular formula is C23H20ClF3N4O3S. The van der Waals surface area contributed by atoms with Crippen molar-refractivity contribution in [1.29, 1.82) is 0 Å². The van der Waals surface area contributed by atoms with E-state index >= 15 is 0 Å². The van der Waals surface area contributed by atoms with E-state index in [9.17, 15) is 27.6 Å². The average molecular weight is 525 g/mol. The number of hydrogen-bond acceptors (Lipinski definition) is 5. The topological polar surface area (TPSA) is 83.4 Å². The summed E-state index contributed by atoms with van der Waals surface area (Å²) in [7, 11) is 0. The summed E-state index contributed by atoms with van der Waals surface area (Å²) in [5.41, 5.74) is -0.240. The summed E-state index contributed by atoms with van der Waals surface area (Å²) in [6.07, 6.45) is -1.15. The standard InChI is InChI=1S/C23H20ClF3N4O3S/c24-18-6-7-20(35-18)29-23(34)15-11-30(12-19(26)27)10-14(15)22(33)28-17-5-4-13(9-16(17)25)31-8-2-1-3-21(31)32/h1-9,14-15,19H,10-12H2,(H,28,33)(H,29,34)/t14-,15-/m0/s1. The monoisotopic (exact) mass is 524 g/mol. The smallest absolute Gasteiger partial charge is 0.255 e. The van der Waals surface area contributed by atoms with Crippen LogP contribution in [0.15, 0.2) is 59.5 Å². The quantitative estimate of drug-likeness (QED) is 0.488. The van der Waals surface area contributed by atoms with Gasteiger partial charge in [0.15, 0.2) is 0 Å². The summed E-state index contributed by atoms with van der Waals surface area (Å²) in [5.74, 6) is -3.89. The fraction of sp³-hybridized carbons (Fsp3) is 0.261. The third-order valence-corrected chi connectivity index (χ3v) is 6.74. The van der Waals surface area contributed by atoms with Gasteiger partial charge in [0.2, 0.25) is 11.8 Å². The number of nitrogens with zero attached hydrogens (tertiary/aromatic N) is 2. The molecule has 3 heterocycles. The lowest BCUT2D eigenvalue weighted by molar-refractivity contribution is -0.127. The largest absolute Gasteiger partial charge is 0.323 e. The van der Waals surface area contributed by atoms with E-state index < -0.39 is 42.4 Å². The molecule has 2 atom stereocenters. The summed E-state index contributed by atoms with van der Waals surface area (Å²) in [6, 6.07) is 11.6. The first kappa shape index (κ1) is 25.0. The van der Waals surface area contributed by atoms with E-state index in [0.29, 0.717) is 9.34 Å². The molecule has 184 valence electrons. The fourth-order valence-electron chi connectivity index (χ4n) is 3.98. The molecule has 1 fully saturated rings. The van der Waals surface area contributed by atoms with Gasteiger partial charge in [-0.1, -0.05) is 17.7 Å². The zero-order valence-corrected chi connectivity index (χ0v) is 19.7. The van der Waals surface area contributed by atoms with Crippen LogP contribution in [0.1, 0.15) is 0 Å². The molecule has 1 aliphatic heterocycles. The van der Waals surface area contributed by atoms with Gasteiger partial charge in [0.1, 0.15) is 5.82 Å². The molecule has 3 aromatic rings. The normalized spacial score (nSPS) is 18.1. The molecule has 12 heteroatoms. The molecule has 4 rings (SSSR count). The number of likely N-dealkylation sites (tertiary alicyclic amines) is 1. The van der Waals surface area contributed by atoms with Gasteiger partial charge >= 0.3 is 0 Å². The highest BCUT2D eigenvalue weighted by Gasteiger charge is 2.42. The molecule has 0 radical (unpaired) electrons. The van der Waals surface area contributed by atoms with Crippen LogP contribution < -0.4 is 16.2 Å². The minimum absolute atomic E-state index is 0.0499. The number of carbonyl (C=O) groups excluding carboxylic acids is 2. The predicted octanol–water partition coefficient (Wildman–Crippen LogP) is 4.08. The number of rotatable bonds is 7. The first-order chi connectivity index (χ1) is 16.7. The van der Waals surface area contributed by atoms with Gasteiger partial charge in [-0.15, -0.1) is 11.3 Å². The number of thiophene rings is 1. The predicted molar refractivity (Wildman–Crippen MR) is 128 cm³/mol. The van der Waals surface area contributed by atoms with E-state index in [2.05, 4.69) is 10.6 Å². The third kappa shape index (κ3) is 5.92. The van der Waals surface area contributed by atoms with E-state index in [0.717, 1.165) is 17.4 Å². The Bertz CT molecular complexity index is 1300. The molecule has 2 aromatic heterocycles. The van der Waals surface area contributed by atoms with Crippen LogP contribution in [0.4, 0.5) is 23.9 Å². The van der Waals surface area contributed by atoms with Crippen LogP contribution in [0.2, 0.25) is 4.34 Å². The second-order valence-corrected chi connectivity index (χ2v) is 9.69. The molecule has 2 amide bonds. The highest BCUT2D eigenvalue weighted by Crippen LogP contribution is 2.30. The Hall–Kier alpha value is -3.15. The van der Waals surface area contributed by atoms with E-state index in [-0.39, 0.29) is 30.0 Å². The molecule has 35 heavy (non-hydrogen) atoms. The van der Waals surface area contributed by atoms with Crippen molar-refractivity contribution in [1.82, 2.24) is 9.47 Å². The Labute approximate surface area is 207 Å². The molecule has 2 N–H and O–H groups in total. The summed E-state index contributed by atoms with van der Waals surface area (Å²) in [5, 5.41) is 5.58. The van der Waals surface area contributed by atoms with E-state index in [4.69, 9.17) is 11.6 Å². The lowest BCUT2D eigenvalue weighted by Gasteiger charge is -2.18. The average Bonchev–Trinajstić information content (AvgIpc) is 3.41. The number of hydrogen-bond donors (Lipinski definition) is 2. The maximum absolute atomic E-state index is 14.8. The van der Waals surface area contributed by atoms with Crippen LogP contribution in [0, 0.1) is 17.7 Å². The number of carbonyl (C=O) groups is 2. The summed E-state index contributed by atoms with van der Waals surface area (Å²) in [4.78, 5) is 39.2. The Morgan fingerprint density at radius 1 is 1.06 bits per heavy atom. The van der Waals surface area contributed by atoms with Gasteiger partial charge in [-0.25, -0.2) is 13.2 Å². The molecule has 0 aliphatic carbocycles. The Morgan fingerprint density at radius 2 is 1.77 bits per heavy atom. The van der Waals surface area contributed by atoms with E-state index in [1.807, 2.05) is 0 Å². The first-order valence-corrected chi connectivity index (χ1v) is 11.8. The molecule has 0 unspecified atom stereocenters. The fourth-order valence-corrected chi connectivity index (χ4v) is 4.92. The number of alkyl halides is 2. The summed E-state index contributed by atoms with van der Waals surface area (Å²) < 4.78 is 42.4. The number of pyridine rings is 1. The Kier molecular flexibility index (Phi) is 7.58. The molecule has 0 saturated carbocycles. The van der Waals surface area contributed by atoms with Crippen molar-refractivity contribution in [3.8, 4) is 5.69 Å². The number of benzene rings is 1. The molecule has 1 saturated heterocycles. The zero-order valence-electron chi connectivity index (χ0n) is 18.1. The number of aromatic nitrogens is 1. The van der Waals surface area contributed by atoms with Crippen LogP contribution in [-0.4, -0.2) is 47.3 Å². The molecule has 1 aromatic carbocycles. The van der Waals surface area contributed by atoms with Crippen molar-refractivity contribution in [3.63, 3.8) is 0 Å².